The molecular formula is C14H14ClN3S. The summed E-state index contributed by atoms with van der Waals surface area (Å²) in [5.74, 6) is 0.594. The van der Waals surface area contributed by atoms with Crippen LogP contribution in [-0.4, -0.2) is 17.4 Å². The van der Waals surface area contributed by atoms with Crippen LogP contribution in [0.1, 0.15) is 17.2 Å². The highest BCUT2D eigenvalue weighted by atomic mass is 35.5. The average molecular weight is 292 g/mol. The lowest BCUT2D eigenvalue weighted by molar-refractivity contribution is 0.341. The van der Waals surface area contributed by atoms with E-state index in [1.165, 1.54) is 5.56 Å². The Bertz CT molecular complexity index is 594. The smallest absolute Gasteiger partial charge is 0.192 e. The quantitative estimate of drug-likeness (QED) is 0.943. The predicted molar refractivity (Wildman–Crippen MR) is 80.5 cm³/mol. The summed E-state index contributed by atoms with van der Waals surface area (Å²) in [5, 5.41) is 2.01. The van der Waals surface area contributed by atoms with Gasteiger partial charge in [0.25, 0.3) is 0 Å². The monoisotopic (exact) mass is 291 g/mol. The largest absolute Gasteiger partial charge is 0.370 e. The van der Waals surface area contributed by atoms with Crippen LogP contribution in [0.2, 0.25) is 4.34 Å². The highest BCUT2D eigenvalue weighted by molar-refractivity contribution is 7.14. The van der Waals surface area contributed by atoms with E-state index in [4.69, 9.17) is 17.3 Å². The molecule has 0 saturated heterocycles. The molecule has 2 aromatic rings. The summed E-state index contributed by atoms with van der Waals surface area (Å²) < 4.78 is 0.827. The van der Waals surface area contributed by atoms with Crippen LogP contribution in [0.5, 0.6) is 0 Å². The van der Waals surface area contributed by atoms with E-state index in [0.29, 0.717) is 12.5 Å². The molecule has 0 bridgehead atoms. The van der Waals surface area contributed by atoms with Crippen molar-refractivity contribution in [3.05, 3.63) is 57.2 Å². The summed E-state index contributed by atoms with van der Waals surface area (Å²) in [4.78, 5) is 6.47. The third kappa shape index (κ3) is 2.46. The Morgan fingerprint density at radius 3 is 2.79 bits per heavy atom. The lowest BCUT2D eigenvalue weighted by atomic mass is 10.1. The fourth-order valence-electron chi connectivity index (χ4n) is 2.31. The van der Waals surface area contributed by atoms with Gasteiger partial charge in [-0.25, -0.2) is 0 Å². The second-order valence-electron chi connectivity index (χ2n) is 4.48. The molecule has 1 aliphatic heterocycles. The fraction of sp³-hybridized carbons (Fsp3) is 0.214. The molecule has 0 amide bonds. The minimum absolute atomic E-state index is 0.152. The van der Waals surface area contributed by atoms with Gasteiger partial charge in [0.15, 0.2) is 5.96 Å². The van der Waals surface area contributed by atoms with E-state index in [1.807, 2.05) is 23.6 Å². The number of aliphatic imine (C=N–C) groups is 1. The van der Waals surface area contributed by atoms with E-state index in [0.717, 1.165) is 16.4 Å². The molecule has 3 rings (SSSR count). The number of guanidine groups is 1. The molecule has 19 heavy (non-hydrogen) atoms. The van der Waals surface area contributed by atoms with E-state index >= 15 is 0 Å². The fourth-order valence-corrected chi connectivity index (χ4v) is 3.33. The molecule has 1 aromatic heterocycles. The standard InChI is InChI=1S/C14H14ClN3S/c15-13-11(6-7-19-13)12-8-17-14(16)18(12)9-10-4-2-1-3-5-10/h1-7,12H,8-9H2,(H2,16,17). The van der Waals surface area contributed by atoms with E-state index in [-0.39, 0.29) is 6.04 Å². The highest BCUT2D eigenvalue weighted by Crippen LogP contribution is 2.35. The Labute approximate surface area is 121 Å². The zero-order valence-corrected chi connectivity index (χ0v) is 11.9. The van der Waals surface area contributed by atoms with Crippen molar-refractivity contribution >= 4 is 28.9 Å². The molecular weight excluding hydrogens is 278 g/mol. The predicted octanol–water partition coefficient (Wildman–Crippen LogP) is 3.27. The average Bonchev–Trinajstić information content (AvgIpc) is 2.99. The molecule has 1 atom stereocenters. The van der Waals surface area contributed by atoms with Crippen molar-refractivity contribution in [2.75, 3.05) is 6.54 Å². The van der Waals surface area contributed by atoms with Gasteiger partial charge in [0.1, 0.15) is 0 Å². The van der Waals surface area contributed by atoms with Crippen LogP contribution in [0.3, 0.4) is 0 Å². The third-order valence-corrected chi connectivity index (χ3v) is 4.50. The van der Waals surface area contributed by atoms with Gasteiger partial charge in [-0.2, -0.15) is 0 Å². The Balaban J connectivity index is 1.85. The topological polar surface area (TPSA) is 41.6 Å². The molecule has 1 aliphatic rings. The molecule has 0 fully saturated rings. The summed E-state index contributed by atoms with van der Waals surface area (Å²) in [7, 11) is 0. The Morgan fingerprint density at radius 2 is 2.11 bits per heavy atom. The van der Waals surface area contributed by atoms with Crippen molar-refractivity contribution in [2.24, 2.45) is 10.7 Å². The lowest BCUT2D eigenvalue weighted by Gasteiger charge is -2.26. The molecule has 0 aliphatic carbocycles. The summed E-state index contributed by atoms with van der Waals surface area (Å²) in [6.07, 6.45) is 0. The number of hydrogen-bond donors (Lipinski definition) is 1. The van der Waals surface area contributed by atoms with Gasteiger partial charge in [0, 0.05) is 12.1 Å². The van der Waals surface area contributed by atoms with Crippen LogP contribution < -0.4 is 5.73 Å². The van der Waals surface area contributed by atoms with E-state index in [2.05, 4.69) is 28.1 Å². The summed E-state index contributed by atoms with van der Waals surface area (Å²) in [5.41, 5.74) is 8.35. The maximum atomic E-state index is 6.24. The van der Waals surface area contributed by atoms with Gasteiger partial charge in [-0.3, -0.25) is 4.99 Å². The molecule has 98 valence electrons. The van der Waals surface area contributed by atoms with Gasteiger partial charge in [0.05, 0.1) is 16.9 Å². The first-order chi connectivity index (χ1) is 9.25. The van der Waals surface area contributed by atoms with E-state index in [9.17, 15) is 0 Å². The van der Waals surface area contributed by atoms with Crippen molar-refractivity contribution in [3.8, 4) is 0 Å². The molecule has 0 spiro atoms. The summed E-state index contributed by atoms with van der Waals surface area (Å²) in [6.45, 7) is 1.43. The second-order valence-corrected chi connectivity index (χ2v) is 6.00. The summed E-state index contributed by atoms with van der Waals surface area (Å²) in [6, 6.07) is 12.5. The van der Waals surface area contributed by atoms with Crippen molar-refractivity contribution in [1.82, 2.24) is 4.90 Å². The normalized spacial score (nSPS) is 18.7. The Morgan fingerprint density at radius 1 is 1.32 bits per heavy atom. The van der Waals surface area contributed by atoms with Gasteiger partial charge in [-0.1, -0.05) is 41.9 Å². The van der Waals surface area contributed by atoms with Crippen molar-refractivity contribution in [3.63, 3.8) is 0 Å². The third-order valence-electron chi connectivity index (χ3n) is 3.30. The molecule has 2 N–H and O–H groups in total. The molecule has 0 saturated carbocycles. The highest BCUT2D eigenvalue weighted by Gasteiger charge is 2.29. The van der Waals surface area contributed by atoms with Crippen LogP contribution in [0, 0.1) is 0 Å². The molecule has 2 heterocycles. The Kier molecular flexibility index (Phi) is 3.44. The number of thiophene rings is 1. The molecule has 5 heteroatoms. The SMILES string of the molecule is NC1=NCC(c2ccsc2Cl)N1Cc1ccccc1. The zero-order chi connectivity index (χ0) is 13.2. The summed E-state index contributed by atoms with van der Waals surface area (Å²) >= 11 is 7.78. The van der Waals surface area contributed by atoms with E-state index < -0.39 is 0 Å². The van der Waals surface area contributed by atoms with Crippen molar-refractivity contribution < 1.29 is 0 Å². The molecule has 1 aromatic carbocycles. The van der Waals surface area contributed by atoms with Gasteiger partial charge in [0.2, 0.25) is 0 Å². The van der Waals surface area contributed by atoms with Gasteiger partial charge >= 0.3 is 0 Å². The van der Waals surface area contributed by atoms with Crippen molar-refractivity contribution in [1.29, 1.82) is 0 Å². The van der Waals surface area contributed by atoms with Crippen LogP contribution in [0.25, 0.3) is 0 Å². The molecule has 1 unspecified atom stereocenters. The first-order valence-corrected chi connectivity index (χ1v) is 7.35. The Hall–Kier alpha value is -1.52. The first kappa shape index (κ1) is 12.5. The number of hydrogen-bond acceptors (Lipinski definition) is 4. The molecule has 3 nitrogen and oxygen atoms in total. The molecule has 0 radical (unpaired) electrons. The number of nitrogens with two attached hydrogens (primary N) is 1. The van der Waals surface area contributed by atoms with Crippen LogP contribution in [-0.2, 0) is 6.54 Å². The van der Waals surface area contributed by atoms with E-state index in [1.54, 1.807) is 11.3 Å². The van der Waals surface area contributed by atoms with Crippen LogP contribution in [0.4, 0.5) is 0 Å². The first-order valence-electron chi connectivity index (χ1n) is 6.09. The zero-order valence-electron chi connectivity index (χ0n) is 10.3. The number of benzene rings is 1. The van der Waals surface area contributed by atoms with Gasteiger partial charge < -0.3 is 10.6 Å². The number of nitrogens with zero attached hydrogens (tertiary/aromatic N) is 2. The van der Waals surface area contributed by atoms with Gasteiger partial charge in [-0.15, -0.1) is 11.3 Å². The van der Waals surface area contributed by atoms with Crippen LogP contribution in [0.15, 0.2) is 46.8 Å². The number of halogens is 1. The second kappa shape index (κ2) is 5.23. The minimum atomic E-state index is 0.152. The maximum absolute atomic E-state index is 6.24. The van der Waals surface area contributed by atoms with Crippen molar-refractivity contribution in [2.45, 2.75) is 12.6 Å². The van der Waals surface area contributed by atoms with Crippen LogP contribution >= 0.6 is 22.9 Å². The number of rotatable bonds is 3. The maximum Gasteiger partial charge on any atom is 0.192 e. The van der Waals surface area contributed by atoms with Gasteiger partial charge in [-0.05, 0) is 17.0 Å². The lowest BCUT2D eigenvalue weighted by Crippen LogP contribution is -2.35. The minimum Gasteiger partial charge on any atom is -0.370 e.